The van der Waals surface area contributed by atoms with Crippen LogP contribution in [-0.2, 0) is 23.7 Å². The van der Waals surface area contributed by atoms with Gasteiger partial charge in [0.2, 0.25) is 5.60 Å². The van der Waals surface area contributed by atoms with E-state index in [9.17, 15) is 19.2 Å². The van der Waals surface area contributed by atoms with Crippen molar-refractivity contribution in [3.63, 3.8) is 0 Å². The first-order chi connectivity index (χ1) is 21.8. The third kappa shape index (κ3) is 6.84. The van der Waals surface area contributed by atoms with E-state index in [1.807, 2.05) is 0 Å². The molecular weight excluding hydrogens is 576 g/mol. The van der Waals surface area contributed by atoms with Gasteiger partial charge in [0.05, 0.1) is 22.3 Å². The molecule has 4 aromatic carbocycles. The van der Waals surface area contributed by atoms with E-state index in [0.29, 0.717) is 0 Å². The van der Waals surface area contributed by atoms with Gasteiger partial charge in [0.25, 0.3) is 6.29 Å². The minimum atomic E-state index is -2.05. The smallest absolute Gasteiger partial charge is 0.340 e. The van der Waals surface area contributed by atoms with Crippen molar-refractivity contribution < 1.29 is 42.9 Å². The Balaban J connectivity index is 1.55. The molecule has 1 saturated heterocycles. The molecule has 1 fully saturated rings. The van der Waals surface area contributed by atoms with Crippen LogP contribution in [0, 0.1) is 0 Å². The molecule has 0 bridgehead atoms. The number of hydrogen-bond donors (Lipinski definition) is 0. The Hall–Kier alpha value is -5.54. The molecule has 5 rings (SSSR count). The molecule has 45 heavy (non-hydrogen) atoms. The molecule has 0 radical (unpaired) electrons. The Bertz CT molecular complexity index is 1660. The molecule has 1 heterocycles. The van der Waals surface area contributed by atoms with E-state index in [2.05, 4.69) is 6.58 Å². The number of esters is 4. The molecule has 0 saturated carbocycles. The van der Waals surface area contributed by atoms with Crippen LogP contribution in [0.4, 0.5) is 0 Å². The van der Waals surface area contributed by atoms with E-state index < -0.39 is 54.6 Å². The third-order valence-electron chi connectivity index (χ3n) is 7.20. The van der Waals surface area contributed by atoms with Crippen LogP contribution >= 0.6 is 0 Å². The molecule has 0 N–H and O–H groups in total. The van der Waals surface area contributed by atoms with Gasteiger partial charge in [0.15, 0.2) is 6.10 Å². The average Bonchev–Trinajstić information content (AvgIpc) is 3.36. The first-order valence-electron chi connectivity index (χ1n) is 14.1. The lowest BCUT2D eigenvalue weighted by Crippen LogP contribution is -2.55. The molecule has 1 aliphatic heterocycles. The zero-order chi connectivity index (χ0) is 31.8. The number of carbonyl (C=O) groups excluding carboxylic acids is 4. The second kappa shape index (κ2) is 13.8. The molecule has 9 heteroatoms. The Morgan fingerprint density at radius 1 is 0.622 bits per heavy atom. The van der Waals surface area contributed by atoms with Crippen molar-refractivity contribution in [3.05, 3.63) is 156 Å². The van der Waals surface area contributed by atoms with Crippen LogP contribution in [0.3, 0.4) is 0 Å². The monoisotopic (exact) mass is 606 g/mol. The number of carbonyl (C=O) groups is 4. The van der Waals surface area contributed by atoms with E-state index in [-0.39, 0.29) is 27.8 Å². The summed E-state index contributed by atoms with van der Waals surface area (Å²) in [7, 11) is 0. The van der Waals surface area contributed by atoms with E-state index >= 15 is 0 Å². The van der Waals surface area contributed by atoms with E-state index in [1.54, 1.807) is 121 Å². The second-order valence-corrected chi connectivity index (χ2v) is 10.3. The van der Waals surface area contributed by atoms with Crippen LogP contribution in [0.2, 0.25) is 0 Å². The first kappa shape index (κ1) is 30.9. The van der Waals surface area contributed by atoms with Crippen molar-refractivity contribution in [1.82, 2.24) is 0 Å². The molecule has 4 aromatic rings. The van der Waals surface area contributed by atoms with Gasteiger partial charge in [-0.1, -0.05) is 79.4 Å². The summed E-state index contributed by atoms with van der Waals surface area (Å²) in [5.74, 6) is -3.05. The van der Waals surface area contributed by atoms with E-state index in [1.165, 1.54) is 6.92 Å². The SMILES string of the molecule is C=C(C)[C@]1(OC(=O)c2ccccc2)[C@@H](OC(=O)c2ccccc2)O[C@H](COC(=O)c2ccccc2)[C@H]1OC(=O)c1ccccc1. The summed E-state index contributed by atoms with van der Waals surface area (Å²) in [6, 6.07) is 32.7. The molecule has 0 spiro atoms. The summed E-state index contributed by atoms with van der Waals surface area (Å²) in [5.41, 5.74) is -1.04. The Kier molecular flexibility index (Phi) is 9.50. The predicted octanol–water partition coefficient (Wildman–Crippen LogP) is 5.82. The summed E-state index contributed by atoms with van der Waals surface area (Å²) in [4.78, 5) is 53.2. The van der Waals surface area contributed by atoms with Gasteiger partial charge in [0, 0.05) is 0 Å². The summed E-state index contributed by atoms with van der Waals surface area (Å²) < 4.78 is 29.7. The fourth-order valence-corrected chi connectivity index (χ4v) is 4.88. The summed E-state index contributed by atoms with van der Waals surface area (Å²) in [6.07, 6.45) is -4.36. The Labute approximate surface area is 260 Å². The summed E-state index contributed by atoms with van der Waals surface area (Å²) in [5, 5.41) is 0. The number of ether oxygens (including phenoxy) is 5. The zero-order valence-electron chi connectivity index (χ0n) is 24.4. The van der Waals surface area contributed by atoms with Crippen molar-refractivity contribution in [2.24, 2.45) is 0 Å². The fourth-order valence-electron chi connectivity index (χ4n) is 4.88. The zero-order valence-corrected chi connectivity index (χ0v) is 24.4. The van der Waals surface area contributed by atoms with Crippen LogP contribution in [0.1, 0.15) is 48.4 Å². The minimum Gasteiger partial charge on any atom is -0.459 e. The van der Waals surface area contributed by atoms with Gasteiger partial charge >= 0.3 is 23.9 Å². The van der Waals surface area contributed by atoms with Crippen LogP contribution in [0.5, 0.6) is 0 Å². The van der Waals surface area contributed by atoms with Gasteiger partial charge in [-0.3, -0.25) is 0 Å². The van der Waals surface area contributed by atoms with E-state index in [4.69, 9.17) is 23.7 Å². The molecule has 0 unspecified atom stereocenters. The standard InChI is InChI=1S/C36H30O9/c1-24(2)36(45-34(40)28-21-13-6-14-22-28)30(43-32(38)26-17-9-4-10-18-26)29(23-41-31(37)25-15-7-3-8-16-25)42-35(36)44-33(39)27-19-11-5-12-20-27/h3-22,29-30,35H,1,23H2,2H3/t29-,30-,35-,36-/m1/s1. The van der Waals surface area contributed by atoms with Crippen LogP contribution in [0.25, 0.3) is 0 Å². The minimum absolute atomic E-state index is 0.153. The van der Waals surface area contributed by atoms with Gasteiger partial charge in [-0.15, -0.1) is 0 Å². The lowest BCUT2D eigenvalue weighted by molar-refractivity contribution is -0.168. The highest BCUT2D eigenvalue weighted by atomic mass is 16.8. The molecule has 228 valence electrons. The molecule has 0 aromatic heterocycles. The Morgan fingerprint density at radius 2 is 1.02 bits per heavy atom. The van der Waals surface area contributed by atoms with Gasteiger partial charge < -0.3 is 23.7 Å². The van der Waals surface area contributed by atoms with Crippen LogP contribution in [0.15, 0.2) is 133 Å². The highest BCUT2D eigenvalue weighted by Gasteiger charge is 2.65. The lowest BCUT2D eigenvalue weighted by Gasteiger charge is -2.37. The summed E-state index contributed by atoms with van der Waals surface area (Å²) in [6.45, 7) is 5.13. The third-order valence-corrected chi connectivity index (χ3v) is 7.20. The van der Waals surface area contributed by atoms with E-state index in [0.717, 1.165) is 0 Å². The van der Waals surface area contributed by atoms with Crippen LogP contribution < -0.4 is 0 Å². The molecule has 1 aliphatic rings. The normalized spacial score (nSPS) is 20.4. The van der Waals surface area contributed by atoms with Gasteiger partial charge in [-0.25, -0.2) is 19.2 Å². The number of rotatable bonds is 10. The topological polar surface area (TPSA) is 114 Å². The summed E-state index contributed by atoms with van der Waals surface area (Å²) >= 11 is 0. The largest absolute Gasteiger partial charge is 0.459 e. The highest BCUT2D eigenvalue weighted by Crippen LogP contribution is 2.43. The van der Waals surface area contributed by atoms with Crippen molar-refractivity contribution in [3.8, 4) is 0 Å². The Morgan fingerprint density at radius 3 is 1.47 bits per heavy atom. The molecular formula is C36H30O9. The average molecular weight is 607 g/mol. The molecule has 0 aliphatic carbocycles. The van der Waals surface area contributed by atoms with Crippen LogP contribution in [-0.4, -0.2) is 54.6 Å². The lowest BCUT2D eigenvalue weighted by atomic mass is 9.87. The van der Waals surface area contributed by atoms with Gasteiger partial charge in [-0.2, -0.15) is 0 Å². The molecule has 0 amide bonds. The highest BCUT2D eigenvalue weighted by molar-refractivity contribution is 5.92. The van der Waals surface area contributed by atoms with Crippen molar-refractivity contribution >= 4 is 23.9 Å². The maximum absolute atomic E-state index is 13.6. The van der Waals surface area contributed by atoms with Gasteiger partial charge in [0.1, 0.15) is 12.7 Å². The molecule has 4 atom stereocenters. The fraction of sp³-hybridized carbons (Fsp3) is 0.167. The number of benzene rings is 4. The second-order valence-electron chi connectivity index (χ2n) is 10.3. The van der Waals surface area contributed by atoms with Gasteiger partial charge in [-0.05, 0) is 61.0 Å². The maximum atomic E-state index is 13.6. The number of hydrogen-bond acceptors (Lipinski definition) is 9. The van der Waals surface area contributed by atoms with Crippen molar-refractivity contribution in [2.75, 3.05) is 6.61 Å². The van der Waals surface area contributed by atoms with Crippen molar-refractivity contribution in [2.45, 2.75) is 31.0 Å². The predicted molar refractivity (Wildman–Crippen MR) is 162 cm³/mol. The van der Waals surface area contributed by atoms with Crippen molar-refractivity contribution in [1.29, 1.82) is 0 Å². The first-order valence-corrected chi connectivity index (χ1v) is 14.1. The molecule has 9 nitrogen and oxygen atoms in total. The maximum Gasteiger partial charge on any atom is 0.340 e. The quantitative estimate of drug-likeness (QED) is 0.125.